The zero-order chi connectivity index (χ0) is 21.7. The van der Waals surface area contributed by atoms with Gasteiger partial charge in [0, 0.05) is 25.7 Å². The highest BCUT2D eigenvalue weighted by atomic mass is 32.2. The number of carbonyl (C=O) groups is 1. The monoisotopic (exact) mass is 419 g/mol. The van der Waals surface area contributed by atoms with Gasteiger partial charge in [-0.15, -0.1) is 9.19 Å². The molecular formula is C19H25N5O4S. The Kier molecular flexibility index (Phi) is 5.26. The molecule has 3 rings (SSSR count). The summed E-state index contributed by atoms with van der Waals surface area (Å²) in [5, 5.41) is 4.94. The van der Waals surface area contributed by atoms with Gasteiger partial charge >= 0.3 is 16.2 Å². The maximum Gasteiger partial charge on any atom is 0.340 e. The molecule has 0 aliphatic rings. The van der Waals surface area contributed by atoms with Gasteiger partial charge in [0.1, 0.15) is 6.33 Å². The summed E-state index contributed by atoms with van der Waals surface area (Å²) in [6.07, 6.45) is 2.89. The molecule has 3 aromatic rings. The summed E-state index contributed by atoms with van der Waals surface area (Å²) in [6, 6.07) is 0. The zero-order valence-electron chi connectivity index (χ0n) is 17.6. The third kappa shape index (κ3) is 3.32. The van der Waals surface area contributed by atoms with E-state index in [1.54, 1.807) is 6.20 Å². The average molecular weight is 420 g/mol. The Morgan fingerprint density at radius 1 is 1.10 bits per heavy atom. The van der Waals surface area contributed by atoms with Gasteiger partial charge in [0.2, 0.25) is 0 Å². The summed E-state index contributed by atoms with van der Waals surface area (Å²) >= 11 is 0. The van der Waals surface area contributed by atoms with Crippen molar-refractivity contribution in [3.05, 3.63) is 46.2 Å². The van der Waals surface area contributed by atoms with Gasteiger partial charge in [-0.25, -0.2) is 9.78 Å². The molecule has 0 saturated heterocycles. The van der Waals surface area contributed by atoms with Crippen LogP contribution in [0.3, 0.4) is 0 Å². The van der Waals surface area contributed by atoms with E-state index in [4.69, 9.17) is 4.74 Å². The van der Waals surface area contributed by atoms with Gasteiger partial charge in [-0.1, -0.05) is 0 Å². The summed E-state index contributed by atoms with van der Waals surface area (Å²) in [7, 11) is 0.467. The molecule has 0 saturated carbocycles. The number of esters is 1. The van der Waals surface area contributed by atoms with Crippen LogP contribution in [-0.4, -0.2) is 58.6 Å². The van der Waals surface area contributed by atoms with Gasteiger partial charge in [-0.05, 0) is 49.9 Å². The fourth-order valence-electron chi connectivity index (χ4n) is 3.44. The highest BCUT2D eigenvalue weighted by Crippen LogP contribution is 2.33. The second kappa shape index (κ2) is 7.27. The van der Waals surface area contributed by atoms with Crippen molar-refractivity contribution >= 4 is 27.1 Å². The topological polar surface area (TPSA) is 99.3 Å². The van der Waals surface area contributed by atoms with Crippen LogP contribution in [0.4, 0.5) is 0 Å². The molecule has 0 aliphatic carbocycles. The third-order valence-electron chi connectivity index (χ3n) is 5.43. The Morgan fingerprint density at radius 3 is 2.31 bits per heavy atom. The second-order valence-electron chi connectivity index (χ2n) is 7.21. The highest BCUT2D eigenvalue weighted by Gasteiger charge is 2.23. The normalized spacial score (nSPS) is 12.1. The molecule has 2 aromatic heterocycles. The predicted molar refractivity (Wildman–Crippen MR) is 109 cm³/mol. The molecule has 0 atom stereocenters. The maximum atomic E-state index is 12.4. The largest absolute Gasteiger partial charge is 0.465 e. The number of hydrogen-bond donors (Lipinski definition) is 0. The molecule has 0 bridgehead atoms. The van der Waals surface area contributed by atoms with Gasteiger partial charge in [0.05, 0.1) is 24.7 Å². The van der Waals surface area contributed by atoms with E-state index >= 15 is 0 Å². The van der Waals surface area contributed by atoms with Crippen molar-refractivity contribution in [3.8, 4) is 0 Å². The molecule has 0 spiro atoms. The molecule has 0 fully saturated rings. The molecule has 0 amide bonds. The lowest BCUT2D eigenvalue weighted by Crippen LogP contribution is -2.29. The van der Waals surface area contributed by atoms with Crippen molar-refractivity contribution in [3.63, 3.8) is 0 Å². The van der Waals surface area contributed by atoms with E-state index in [1.165, 1.54) is 27.5 Å². The molecule has 29 heavy (non-hydrogen) atoms. The van der Waals surface area contributed by atoms with Gasteiger partial charge < -0.3 is 9.30 Å². The first-order chi connectivity index (χ1) is 13.5. The third-order valence-corrected chi connectivity index (χ3v) is 7.00. The number of rotatable bonds is 5. The number of benzene rings is 1. The van der Waals surface area contributed by atoms with Crippen molar-refractivity contribution in [1.82, 2.24) is 23.0 Å². The smallest absolute Gasteiger partial charge is 0.340 e. The van der Waals surface area contributed by atoms with Crippen molar-refractivity contribution in [1.29, 1.82) is 0 Å². The number of hydrogen-bond acceptors (Lipinski definition) is 6. The molecule has 0 unspecified atom stereocenters. The van der Waals surface area contributed by atoms with Crippen LogP contribution < -0.4 is 0 Å². The predicted octanol–water partition coefficient (Wildman–Crippen LogP) is 1.96. The van der Waals surface area contributed by atoms with Crippen LogP contribution in [0.2, 0.25) is 0 Å². The lowest BCUT2D eigenvalue weighted by Gasteiger charge is -2.14. The molecule has 0 aliphatic heterocycles. The van der Waals surface area contributed by atoms with Gasteiger partial charge in [-0.3, -0.25) is 0 Å². The maximum absolute atomic E-state index is 12.4. The first kappa shape index (κ1) is 21.0. The number of nitrogens with zero attached hydrogens (tertiary/aromatic N) is 5. The van der Waals surface area contributed by atoms with Crippen LogP contribution in [0.15, 0.2) is 12.5 Å². The van der Waals surface area contributed by atoms with Crippen LogP contribution in [0.1, 0.15) is 38.4 Å². The molecule has 2 heterocycles. The number of ether oxygens (including phenoxy) is 1. The lowest BCUT2D eigenvalue weighted by atomic mass is 9.94. The van der Waals surface area contributed by atoms with E-state index in [2.05, 4.69) is 10.1 Å². The summed E-state index contributed by atoms with van der Waals surface area (Å²) < 4.78 is 33.2. The van der Waals surface area contributed by atoms with E-state index in [0.29, 0.717) is 11.4 Å². The minimum absolute atomic E-state index is 0.215. The molecule has 0 N–H and O–H groups in total. The first-order valence-electron chi connectivity index (χ1n) is 9.01. The van der Waals surface area contributed by atoms with Crippen LogP contribution >= 0.6 is 0 Å². The van der Waals surface area contributed by atoms with Crippen molar-refractivity contribution in [2.24, 2.45) is 0 Å². The van der Waals surface area contributed by atoms with E-state index in [-0.39, 0.29) is 6.54 Å². The molecule has 1 aromatic carbocycles. The molecule has 0 radical (unpaired) electrons. The van der Waals surface area contributed by atoms with Crippen LogP contribution in [0.25, 0.3) is 10.9 Å². The van der Waals surface area contributed by atoms with E-state index in [1.807, 2.05) is 32.3 Å². The molecule has 10 heteroatoms. The van der Waals surface area contributed by atoms with Crippen molar-refractivity contribution < 1.29 is 17.9 Å². The summed E-state index contributed by atoms with van der Waals surface area (Å²) in [5.41, 5.74) is 5.66. The second-order valence-corrected chi connectivity index (χ2v) is 9.21. The Hall–Kier alpha value is -2.72. The minimum atomic E-state index is -3.74. The van der Waals surface area contributed by atoms with E-state index in [0.717, 1.165) is 41.5 Å². The minimum Gasteiger partial charge on any atom is -0.465 e. The number of aromatic nitrogens is 4. The number of fused-ring (bicyclic) bond motifs is 1. The quantitative estimate of drug-likeness (QED) is 0.586. The number of methoxy groups -OCH3 is 1. The summed E-state index contributed by atoms with van der Waals surface area (Å²) in [5.74, 6) is -0.104. The Labute approximate surface area is 170 Å². The Morgan fingerprint density at radius 2 is 1.72 bits per heavy atom. The van der Waals surface area contributed by atoms with Gasteiger partial charge in [-0.2, -0.15) is 12.7 Å². The molecule has 9 nitrogen and oxygen atoms in total. The van der Waals surface area contributed by atoms with Crippen LogP contribution in [-0.2, 0) is 21.5 Å². The fraction of sp³-hybridized carbons (Fsp3) is 0.421. The Bertz CT molecular complexity index is 1220. The SMILES string of the molecule is COC(=O)c1cn(Cc2ncn(S(=O)(=O)N(C)C)n2)c2c(C)c(C)c(C)c(C)c12. The zero-order valence-corrected chi connectivity index (χ0v) is 18.5. The Balaban J connectivity index is 2.19. The van der Waals surface area contributed by atoms with Gasteiger partial charge in [0.15, 0.2) is 5.82 Å². The van der Waals surface area contributed by atoms with Crippen LogP contribution in [0.5, 0.6) is 0 Å². The van der Waals surface area contributed by atoms with Crippen LogP contribution in [0, 0.1) is 27.7 Å². The number of carbonyl (C=O) groups excluding carboxylic acids is 1. The fourth-order valence-corrected chi connectivity index (χ4v) is 4.14. The molecular weight excluding hydrogens is 394 g/mol. The van der Waals surface area contributed by atoms with Crippen molar-refractivity contribution in [2.45, 2.75) is 34.2 Å². The summed E-state index contributed by atoms with van der Waals surface area (Å²) in [4.78, 5) is 16.6. The van der Waals surface area contributed by atoms with E-state index in [9.17, 15) is 13.2 Å². The average Bonchev–Trinajstić information content (AvgIpc) is 3.29. The first-order valence-corrected chi connectivity index (χ1v) is 10.4. The van der Waals surface area contributed by atoms with E-state index < -0.39 is 16.2 Å². The van der Waals surface area contributed by atoms with Gasteiger partial charge in [0.25, 0.3) is 0 Å². The number of aryl methyl sites for hydroxylation is 2. The highest BCUT2D eigenvalue weighted by molar-refractivity contribution is 7.87. The summed E-state index contributed by atoms with van der Waals surface area (Å²) in [6.45, 7) is 8.28. The lowest BCUT2D eigenvalue weighted by molar-refractivity contribution is 0.0602. The molecule has 156 valence electrons. The van der Waals surface area contributed by atoms with Crippen molar-refractivity contribution in [2.75, 3.05) is 21.2 Å². The standard InChI is InChI=1S/C19H25N5O4S/c1-11-12(2)14(4)18-17(13(11)3)15(19(25)28-7)8-23(18)9-16-20-10-24(21-16)29(26,27)22(5)6/h8,10H,9H2,1-7H3.